The number of non-ortho nitro benzene ring substituents is 1. The van der Waals surface area contributed by atoms with Crippen LogP contribution in [0.5, 0.6) is 0 Å². The van der Waals surface area contributed by atoms with E-state index in [9.17, 15) is 10.1 Å². The highest BCUT2D eigenvalue weighted by Gasteiger charge is 2.02. The smallest absolute Gasteiger partial charge is 0.258 e. The third-order valence-corrected chi connectivity index (χ3v) is 3.27. The minimum absolute atomic E-state index is 0.0942. The van der Waals surface area contributed by atoms with Crippen LogP contribution in [-0.4, -0.2) is 30.9 Å². The van der Waals surface area contributed by atoms with Crippen LogP contribution in [0.3, 0.4) is 0 Å². The van der Waals surface area contributed by atoms with Gasteiger partial charge < -0.3 is 0 Å². The second-order valence-corrected chi connectivity index (χ2v) is 4.63. The maximum absolute atomic E-state index is 10.5. The topological polar surface area (TPSA) is 86.7 Å². The Morgan fingerprint density at radius 3 is 2.74 bits per heavy atom. The van der Waals surface area contributed by atoms with Gasteiger partial charge in [-0.25, -0.2) is 4.68 Å². The number of nitro groups is 1. The van der Waals surface area contributed by atoms with E-state index in [0.29, 0.717) is 0 Å². The van der Waals surface area contributed by atoms with Gasteiger partial charge in [0.05, 0.1) is 4.92 Å². The molecule has 7 nitrogen and oxygen atoms in total. The maximum Gasteiger partial charge on any atom is 0.269 e. The van der Waals surface area contributed by atoms with E-state index in [2.05, 4.69) is 15.5 Å². The van der Waals surface area contributed by atoms with Crippen molar-refractivity contribution in [2.24, 2.45) is 7.05 Å². The number of rotatable bonds is 5. The second kappa shape index (κ2) is 6.10. The van der Waals surface area contributed by atoms with Crippen LogP contribution < -0.4 is 0 Å². The van der Waals surface area contributed by atoms with E-state index in [0.717, 1.165) is 16.5 Å². The van der Waals surface area contributed by atoms with Gasteiger partial charge in [0.15, 0.2) is 0 Å². The molecule has 2 rings (SSSR count). The SMILES string of the molecule is Cn1nnnc1SCC=Cc1ccc([N+](=O)[O-])cc1. The maximum atomic E-state index is 10.5. The summed E-state index contributed by atoms with van der Waals surface area (Å²) in [4.78, 5) is 10.1. The first-order valence-electron chi connectivity index (χ1n) is 5.43. The van der Waals surface area contributed by atoms with Gasteiger partial charge in [0.2, 0.25) is 5.16 Å². The summed E-state index contributed by atoms with van der Waals surface area (Å²) in [6, 6.07) is 6.39. The predicted octanol–water partition coefficient (Wildman–Crippen LogP) is 1.92. The summed E-state index contributed by atoms with van der Waals surface area (Å²) in [6.07, 6.45) is 3.86. The van der Waals surface area contributed by atoms with Gasteiger partial charge in [-0.05, 0) is 28.1 Å². The zero-order valence-electron chi connectivity index (χ0n) is 10.1. The lowest BCUT2D eigenvalue weighted by atomic mass is 10.2. The number of benzene rings is 1. The Hall–Kier alpha value is -2.22. The highest BCUT2D eigenvalue weighted by molar-refractivity contribution is 7.99. The summed E-state index contributed by atoms with van der Waals surface area (Å²) >= 11 is 1.51. The highest BCUT2D eigenvalue weighted by Crippen LogP contribution is 2.15. The van der Waals surface area contributed by atoms with Gasteiger partial charge >= 0.3 is 0 Å². The first-order valence-corrected chi connectivity index (χ1v) is 6.41. The Morgan fingerprint density at radius 1 is 1.42 bits per heavy atom. The van der Waals surface area contributed by atoms with Crippen LogP contribution in [0.2, 0.25) is 0 Å². The summed E-state index contributed by atoms with van der Waals surface area (Å²) in [5.74, 6) is 0.727. The minimum Gasteiger partial charge on any atom is -0.258 e. The normalized spacial score (nSPS) is 11.0. The third kappa shape index (κ3) is 3.62. The van der Waals surface area contributed by atoms with Gasteiger partial charge in [0.1, 0.15) is 0 Å². The van der Waals surface area contributed by atoms with Gasteiger partial charge in [-0.1, -0.05) is 23.9 Å². The molecule has 0 N–H and O–H groups in total. The lowest BCUT2D eigenvalue weighted by Crippen LogP contribution is -1.92. The molecule has 2 aromatic rings. The van der Waals surface area contributed by atoms with Crippen LogP contribution in [0.1, 0.15) is 5.56 Å². The molecule has 0 aliphatic rings. The van der Waals surface area contributed by atoms with E-state index in [1.54, 1.807) is 23.9 Å². The standard InChI is InChI=1S/C11H11N5O2S/c1-15-11(12-13-14-15)19-8-2-3-9-4-6-10(7-5-9)16(17)18/h2-7H,8H2,1H3. The highest BCUT2D eigenvalue weighted by atomic mass is 32.2. The molecule has 0 saturated carbocycles. The van der Waals surface area contributed by atoms with Crippen molar-refractivity contribution in [3.63, 3.8) is 0 Å². The molecule has 98 valence electrons. The monoisotopic (exact) mass is 277 g/mol. The van der Waals surface area contributed by atoms with Gasteiger partial charge in [0.25, 0.3) is 5.69 Å². The first-order chi connectivity index (χ1) is 9.16. The van der Waals surface area contributed by atoms with Crippen LogP contribution in [0.25, 0.3) is 6.08 Å². The number of aromatic nitrogens is 4. The zero-order valence-corrected chi connectivity index (χ0v) is 10.9. The van der Waals surface area contributed by atoms with Crippen molar-refractivity contribution in [3.8, 4) is 0 Å². The molecule has 1 aromatic heterocycles. The fraction of sp³-hybridized carbons (Fsp3) is 0.182. The molecule has 1 aromatic carbocycles. The molecule has 0 saturated heterocycles. The molecular formula is C11H11N5O2S. The van der Waals surface area contributed by atoms with Gasteiger partial charge in [0, 0.05) is 24.9 Å². The molecule has 0 atom stereocenters. The van der Waals surface area contributed by atoms with E-state index < -0.39 is 4.92 Å². The lowest BCUT2D eigenvalue weighted by molar-refractivity contribution is -0.384. The molecule has 19 heavy (non-hydrogen) atoms. The van der Waals surface area contributed by atoms with E-state index >= 15 is 0 Å². The van der Waals surface area contributed by atoms with Crippen molar-refractivity contribution in [1.29, 1.82) is 0 Å². The second-order valence-electron chi connectivity index (χ2n) is 3.65. The number of nitrogens with zero attached hydrogens (tertiary/aromatic N) is 5. The molecule has 0 aliphatic carbocycles. The predicted molar refractivity (Wildman–Crippen MR) is 71.7 cm³/mol. The largest absolute Gasteiger partial charge is 0.269 e. The fourth-order valence-corrected chi connectivity index (χ4v) is 2.02. The van der Waals surface area contributed by atoms with Crippen molar-refractivity contribution in [3.05, 3.63) is 46.0 Å². The van der Waals surface area contributed by atoms with E-state index in [1.165, 1.54) is 23.9 Å². The number of thioether (sulfide) groups is 1. The van der Waals surface area contributed by atoms with Gasteiger partial charge in [-0.2, -0.15) is 0 Å². The lowest BCUT2D eigenvalue weighted by Gasteiger charge is -1.95. The number of aryl methyl sites for hydroxylation is 1. The average molecular weight is 277 g/mol. The van der Waals surface area contributed by atoms with E-state index in [4.69, 9.17) is 0 Å². The first kappa shape index (κ1) is 13.2. The number of tetrazole rings is 1. The van der Waals surface area contributed by atoms with Crippen molar-refractivity contribution < 1.29 is 4.92 Å². The van der Waals surface area contributed by atoms with Crippen molar-refractivity contribution in [2.75, 3.05) is 5.75 Å². The van der Waals surface area contributed by atoms with Crippen molar-refractivity contribution in [2.45, 2.75) is 5.16 Å². The number of hydrogen-bond acceptors (Lipinski definition) is 6. The Morgan fingerprint density at radius 2 is 2.16 bits per heavy atom. The van der Waals surface area contributed by atoms with Gasteiger partial charge in [-0.15, -0.1) is 5.10 Å². The Kier molecular flexibility index (Phi) is 4.24. The molecule has 0 spiro atoms. The molecule has 0 fully saturated rings. The summed E-state index contributed by atoms with van der Waals surface area (Å²) in [7, 11) is 1.78. The zero-order chi connectivity index (χ0) is 13.7. The molecule has 0 aliphatic heterocycles. The molecular weight excluding hydrogens is 266 g/mol. The molecule has 8 heteroatoms. The van der Waals surface area contributed by atoms with E-state index in [-0.39, 0.29) is 5.69 Å². The van der Waals surface area contributed by atoms with Crippen LogP contribution in [0.4, 0.5) is 5.69 Å². The molecule has 0 bridgehead atoms. The Balaban J connectivity index is 1.89. The van der Waals surface area contributed by atoms with E-state index in [1.807, 2.05) is 12.2 Å². The molecule has 0 radical (unpaired) electrons. The van der Waals surface area contributed by atoms with Gasteiger partial charge in [-0.3, -0.25) is 10.1 Å². The van der Waals surface area contributed by atoms with Crippen LogP contribution in [0.15, 0.2) is 35.5 Å². The minimum atomic E-state index is -0.412. The van der Waals surface area contributed by atoms with Crippen molar-refractivity contribution in [1.82, 2.24) is 20.2 Å². The molecule has 0 amide bonds. The quantitative estimate of drug-likeness (QED) is 0.471. The summed E-state index contributed by atoms with van der Waals surface area (Å²) in [5, 5.41) is 22.4. The summed E-state index contributed by atoms with van der Waals surface area (Å²) in [5.41, 5.74) is 1.01. The number of hydrogen-bond donors (Lipinski definition) is 0. The molecule has 0 unspecified atom stereocenters. The fourth-order valence-electron chi connectivity index (χ4n) is 1.36. The van der Waals surface area contributed by atoms with Crippen LogP contribution in [-0.2, 0) is 7.05 Å². The summed E-state index contributed by atoms with van der Waals surface area (Å²) < 4.78 is 1.60. The summed E-state index contributed by atoms with van der Waals surface area (Å²) in [6.45, 7) is 0. The number of nitro benzene ring substituents is 1. The Labute approximate surface area is 113 Å². The van der Waals surface area contributed by atoms with Crippen LogP contribution >= 0.6 is 11.8 Å². The third-order valence-electron chi connectivity index (χ3n) is 2.30. The Bertz CT molecular complexity index is 593. The molecule has 1 heterocycles. The van der Waals surface area contributed by atoms with Crippen molar-refractivity contribution >= 4 is 23.5 Å². The average Bonchev–Trinajstić information content (AvgIpc) is 2.81. The van der Waals surface area contributed by atoms with Crippen LogP contribution in [0, 0.1) is 10.1 Å².